The Morgan fingerprint density at radius 2 is 1.82 bits per heavy atom. The maximum Gasteiger partial charge on any atom is 0.282 e. The fraction of sp³-hybridized carbons (Fsp3) is 1.00. The fourth-order valence-corrected chi connectivity index (χ4v) is 4.01. The zero-order chi connectivity index (χ0) is 12.9. The van der Waals surface area contributed by atoms with Gasteiger partial charge in [0, 0.05) is 32.7 Å². The van der Waals surface area contributed by atoms with Crippen LogP contribution in [0, 0.1) is 0 Å². The number of nitrogens with two attached hydrogens (primary N) is 1. The van der Waals surface area contributed by atoms with E-state index in [0.29, 0.717) is 19.6 Å². The smallest absolute Gasteiger partial charge is 0.282 e. The lowest BCUT2D eigenvalue weighted by Gasteiger charge is -2.34. The van der Waals surface area contributed by atoms with Gasteiger partial charge in [-0.2, -0.15) is 17.0 Å². The Morgan fingerprint density at radius 3 is 2.29 bits per heavy atom. The van der Waals surface area contributed by atoms with Crippen molar-refractivity contribution in [3.05, 3.63) is 0 Å². The first-order valence-corrected chi connectivity index (χ1v) is 7.87. The highest BCUT2D eigenvalue weighted by molar-refractivity contribution is 7.86. The first kappa shape index (κ1) is 14.9. The molecule has 102 valence electrons. The monoisotopic (exact) mass is 263 g/mol. The molecule has 0 aromatic carbocycles. The third-order valence-corrected chi connectivity index (χ3v) is 5.63. The zero-order valence-electron chi connectivity index (χ0n) is 10.9. The molecule has 0 atom stereocenters. The summed E-state index contributed by atoms with van der Waals surface area (Å²) >= 11 is 0. The first-order chi connectivity index (χ1) is 8.04. The van der Waals surface area contributed by atoms with Gasteiger partial charge in [0.05, 0.1) is 0 Å². The molecular formula is C11H25N3O2S. The Morgan fingerprint density at radius 1 is 1.24 bits per heavy atom. The standard InChI is InChI=1S/C11H25N3O2S/c1-3-14(10-9-12)17(15,16)13(2)11-7-5-4-6-8-11/h11H,3-10,12H2,1-2H3. The Hall–Kier alpha value is -0.170. The normalized spacial score (nSPS) is 19.1. The van der Waals surface area contributed by atoms with Crippen LogP contribution in [-0.2, 0) is 10.2 Å². The van der Waals surface area contributed by atoms with Crippen molar-refractivity contribution in [2.45, 2.75) is 45.1 Å². The molecule has 0 saturated heterocycles. The third-order valence-electron chi connectivity index (χ3n) is 3.51. The quantitative estimate of drug-likeness (QED) is 0.770. The molecule has 2 N–H and O–H groups in total. The summed E-state index contributed by atoms with van der Waals surface area (Å²) in [6.45, 7) is 3.10. The molecule has 6 heteroatoms. The largest absolute Gasteiger partial charge is 0.329 e. The molecule has 1 aliphatic carbocycles. The summed E-state index contributed by atoms with van der Waals surface area (Å²) in [5.74, 6) is 0. The Kier molecular flexibility index (Phi) is 5.85. The topological polar surface area (TPSA) is 66.6 Å². The van der Waals surface area contributed by atoms with E-state index < -0.39 is 10.2 Å². The predicted molar refractivity (Wildman–Crippen MR) is 69.9 cm³/mol. The highest BCUT2D eigenvalue weighted by Gasteiger charge is 2.31. The molecule has 1 rings (SSSR count). The van der Waals surface area contributed by atoms with Crippen molar-refractivity contribution in [1.82, 2.24) is 8.61 Å². The van der Waals surface area contributed by atoms with Gasteiger partial charge >= 0.3 is 0 Å². The minimum Gasteiger partial charge on any atom is -0.329 e. The maximum absolute atomic E-state index is 12.3. The molecule has 0 aromatic rings. The van der Waals surface area contributed by atoms with E-state index in [1.54, 1.807) is 11.4 Å². The van der Waals surface area contributed by atoms with Crippen LogP contribution >= 0.6 is 0 Å². The summed E-state index contributed by atoms with van der Waals surface area (Å²) in [6.07, 6.45) is 5.46. The lowest BCUT2D eigenvalue weighted by atomic mass is 9.96. The second kappa shape index (κ2) is 6.68. The van der Waals surface area contributed by atoms with Gasteiger partial charge in [-0.15, -0.1) is 0 Å². The molecule has 0 heterocycles. The van der Waals surface area contributed by atoms with Gasteiger partial charge in [0.2, 0.25) is 0 Å². The molecule has 0 spiro atoms. The van der Waals surface area contributed by atoms with Crippen molar-refractivity contribution in [1.29, 1.82) is 0 Å². The molecule has 0 aromatic heterocycles. The van der Waals surface area contributed by atoms with Crippen LogP contribution in [0.4, 0.5) is 0 Å². The number of rotatable bonds is 6. The van der Waals surface area contributed by atoms with Crippen LogP contribution in [0.5, 0.6) is 0 Å². The fourth-order valence-electron chi connectivity index (χ4n) is 2.40. The van der Waals surface area contributed by atoms with Gasteiger partial charge in [0.15, 0.2) is 0 Å². The van der Waals surface area contributed by atoms with E-state index in [4.69, 9.17) is 5.73 Å². The molecule has 0 aliphatic heterocycles. The average molecular weight is 263 g/mol. The van der Waals surface area contributed by atoms with Gasteiger partial charge in [-0.3, -0.25) is 0 Å². The van der Waals surface area contributed by atoms with Crippen LogP contribution in [-0.4, -0.2) is 49.8 Å². The van der Waals surface area contributed by atoms with Crippen molar-refractivity contribution in [3.63, 3.8) is 0 Å². The van der Waals surface area contributed by atoms with Crippen LogP contribution in [0.2, 0.25) is 0 Å². The van der Waals surface area contributed by atoms with Crippen LogP contribution < -0.4 is 5.73 Å². The van der Waals surface area contributed by atoms with E-state index >= 15 is 0 Å². The second-order valence-corrected chi connectivity index (χ2v) is 6.58. The molecule has 0 unspecified atom stereocenters. The second-order valence-electron chi connectivity index (χ2n) is 4.60. The van der Waals surface area contributed by atoms with Crippen LogP contribution in [0.3, 0.4) is 0 Å². The van der Waals surface area contributed by atoms with E-state index in [1.807, 2.05) is 6.92 Å². The van der Waals surface area contributed by atoms with Crippen molar-refractivity contribution < 1.29 is 8.42 Å². The summed E-state index contributed by atoms with van der Waals surface area (Å²) in [7, 11) is -1.63. The van der Waals surface area contributed by atoms with Gasteiger partial charge in [-0.1, -0.05) is 26.2 Å². The third kappa shape index (κ3) is 3.64. The highest BCUT2D eigenvalue weighted by atomic mass is 32.2. The molecule has 1 fully saturated rings. The maximum atomic E-state index is 12.3. The molecule has 0 radical (unpaired) electrons. The van der Waals surface area contributed by atoms with Crippen molar-refractivity contribution in [2.75, 3.05) is 26.7 Å². The van der Waals surface area contributed by atoms with Gasteiger partial charge in [0.25, 0.3) is 10.2 Å². The van der Waals surface area contributed by atoms with Crippen LogP contribution in [0.25, 0.3) is 0 Å². The lowest BCUT2D eigenvalue weighted by Crippen LogP contribution is -2.48. The highest BCUT2D eigenvalue weighted by Crippen LogP contribution is 2.24. The van der Waals surface area contributed by atoms with E-state index in [1.165, 1.54) is 10.7 Å². The van der Waals surface area contributed by atoms with Gasteiger partial charge in [-0.05, 0) is 12.8 Å². The number of hydrogen-bond donors (Lipinski definition) is 1. The Bertz CT molecular complexity index is 313. The van der Waals surface area contributed by atoms with Crippen LogP contribution in [0.15, 0.2) is 0 Å². The van der Waals surface area contributed by atoms with E-state index in [0.717, 1.165) is 25.7 Å². The van der Waals surface area contributed by atoms with E-state index in [9.17, 15) is 8.42 Å². The lowest BCUT2D eigenvalue weighted by molar-refractivity contribution is 0.265. The average Bonchev–Trinajstić information content (AvgIpc) is 2.35. The number of likely N-dealkylation sites (N-methyl/N-ethyl adjacent to an activating group) is 1. The van der Waals surface area contributed by atoms with Crippen molar-refractivity contribution >= 4 is 10.2 Å². The summed E-state index contributed by atoms with van der Waals surface area (Å²) in [6, 6.07) is 0.167. The SMILES string of the molecule is CCN(CCN)S(=O)(=O)N(C)C1CCCCC1. The molecule has 0 amide bonds. The van der Waals surface area contributed by atoms with Crippen molar-refractivity contribution in [3.8, 4) is 0 Å². The molecule has 0 bridgehead atoms. The molecule has 1 saturated carbocycles. The molecular weight excluding hydrogens is 238 g/mol. The van der Waals surface area contributed by atoms with E-state index in [-0.39, 0.29) is 6.04 Å². The summed E-state index contributed by atoms with van der Waals surface area (Å²) in [5.41, 5.74) is 5.46. The van der Waals surface area contributed by atoms with Crippen molar-refractivity contribution in [2.24, 2.45) is 5.73 Å². The minimum atomic E-state index is -3.33. The predicted octanol–water partition coefficient (Wildman–Crippen LogP) is 0.776. The van der Waals surface area contributed by atoms with Crippen LogP contribution in [0.1, 0.15) is 39.0 Å². The Balaban J connectivity index is 2.73. The Labute approximate surface area is 105 Å². The summed E-state index contributed by atoms with van der Waals surface area (Å²) in [4.78, 5) is 0. The minimum absolute atomic E-state index is 0.167. The van der Waals surface area contributed by atoms with Gasteiger partial charge in [0.1, 0.15) is 0 Å². The van der Waals surface area contributed by atoms with Gasteiger partial charge < -0.3 is 5.73 Å². The molecule has 5 nitrogen and oxygen atoms in total. The summed E-state index contributed by atoms with van der Waals surface area (Å²) < 4.78 is 27.7. The molecule has 1 aliphatic rings. The number of nitrogens with zero attached hydrogens (tertiary/aromatic N) is 2. The van der Waals surface area contributed by atoms with E-state index in [2.05, 4.69) is 0 Å². The molecule has 17 heavy (non-hydrogen) atoms. The summed E-state index contributed by atoms with van der Waals surface area (Å²) in [5, 5.41) is 0. The van der Waals surface area contributed by atoms with Gasteiger partial charge in [-0.25, -0.2) is 0 Å². The first-order valence-electron chi connectivity index (χ1n) is 6.47. The number of hydrogen-bond acceptors (Lipinski definition) is 3. The zero-order valence-corrected chi connectivity index (χ0v) is 11.7.